The highest BCUT2D eigenvalue weighted by molar-refractivity contribution is 7.15. The Labute approximate surface area is 195 Å². The molecule has 166 valence electrons. The molecule has 0 aliphatic rings. The maximum absolute atomic E-state index is 12.6. The van der Waals surface area contributed by atoms with Gasteiger partial charge in [0.1, 0.15) is 17.4 Å². The van der Waals surface area contributed by atoms with Crippen molar-refractivity contribution in [3.05, 3.63) is 63.8 Å². The quantitative estimate of drug-likeness (QED) is 0.310. The van der Waals surface area contributed by atoms with Crippen molar-refractivity contribution in [2.45, 2.75) is 39.8 Å². The molecule has 0 bridgehead atoms. The molecular formula is C24H24ClN3O3S. The van der Waals surface area contributed by atoms with E-state index in [0.29, 0.717) is 10.8 Å². The molecule has 0 radical (unpaired) electrons. The average molecular weight is 470 g/mol. The largest absolute Gasteiger partial charge is 0.496 e. The van der Waals surface area contributed by atoms with Crippen LogP contribution in [0.1, 0.15) is 30.0 Å². The lowest BCUT2D eigenvalue weighted by atomic mass is 10.2. The summed E-state index contributed by atoms with van der Waals surface area (Å²) in [4.78, 5) is 18.2. The van der Waals surface area contributed by atoms with Crippen LogP contribution in [0.15, 0.2) is 42.6 Å². The van der Waals surface area contributed by atoms with Crippen LogP contribution in [0.25, 0.3) is 21.5 Å². The Balaban J connectivity index is 1.46. The summed E-state index contributed by atoms with van der Waals surface area (Å²) >= 11 is 7.56. The van der Waals surface area contributed by atoms with Crippen LogP contribution in [-0.4, -0.2) is 27.8 Å². The first-order valence-corrected chi connectivity index (χ1v) is 11.6. The number of benzene rings is 2. The number of halogens is 1. The predicted molar refractivity (Wildman–Crippen MR) is 127 cm³/mol. The zero-order chi connectivity index (χ0) is 22.7. The Bertz CT molecular complexity index is 1260. The van der Waals surface area contributed by atoms with Crippen LogP contribution in [0.3, 0.4) is 0 Å². The van der Waals surface area contributed by atoms with E-state index < -0.39 is 0 Å². The number of nitrogens with zero attached hydrogens (tertiary/aromatic N) is 3. The van der Waals surface area contributed by atoms with Gasteiger partial charge in [0.15, 0.2) is 0 Å². The molecule has 0 amide bonds. The van der Waals surface area contributed by atoms with Gasteiger partial charge < -0.3 is 9.47 Å². The molecule has 0 aliphatic carbocycles. The van der Waals surface area contributed by atoms with Gasteiger partial charge in [-0.25, -0.2) is 4.98 Å². The SMILES string of the molecule is CCc1nc(-c2ccc(Cl)cc2OC)sc1CC(=O)OCc1ccc2nn(CC)cc2c1. The predicted octanol–water partition coefficient (Wildman–Crippen LogP) is 5.69. The minimum Gasteiger partial charge on any atom is -0.496 e. The number of aryl methyl sites for hydroxylation is 2. The highest BCUT2D eigenvalue weighted by Crippen LogP contribution is 2.36. The monoisotopic (exact) mass is 469 g/mol. The smallest absolute Gasteiger partial charge is 0.311 e. The third-order valence-corrected chi connectivity index (χ3v) is 6.52. The molecule has 4 rings (SSSR count). The molecule has 0 saturated carbocycles. The third kappa shape index (κ3) is 4.79. The zero-order valence-electron chi connectivity index (χ0n) is 18.2. The third-order valence-electron chi connectivity index (χ3n) is 5.15. The minimum atomic E-state index is -0.276. The van der Waals surface area contributed by atoms with Gasteiger partial charge >= 0.3 is 5.97 Å². The molecular weight excluding hydrogens is 446 g/mol. The van der Waals surface area contributed by atoms with E-state index >= 15 is 0 Å². The first-order chi connectivity index (χ1) is 15.5. The van der Waals surface area contributed by atoms with Gasteiger partial charge in [0, 0.05) is 28.0 Å². The summed E-state index contributed by atoms with van der Waals surface area (Å²) in [5, 5.41) is 6.91. The normalized spacial score (nSPS) is 11.1. The fourth-order valence-electron chi connectivity index (χ4n) is 3.48. The number of esters is 1. The summed E-state index contributed by atoms with van der Waals surface area (Å²) in [7, 11) is 1.60. The Kier molecular flexibility index (Phi) is 6.77. The van der Waals surface area contributed by atoms with Gasteiger partial charge in [-0.05, 0) is 49.2 Å². The summed E-state index contributed by atoms with van der Waals surface area (Å²) in [6, 6.07) is 11.4. The van der Waals surface area contributed by atoms with E-state index in [-0.39, 0.29) is 19.0 Å². The Morgan fingerprint density at radius 2 is 2.03 bits per heavy atom. The van der Waals surface area contributed by atoms with Gasteiger partial charge in [-0.1, -0.05) is 24.6 Å². The number of ether oxygens (including phenoxy) is 2. The van der Waals surface area contributed by atoms with Crippen molar-refractivity contribution in [1.82, 2.24) is 14.8 Å². The second kappa shape index (κ2) is 9.71. The molecule has 2 aromatic heterocycles. The molecule has 32 heavy (non-hydrogen) atoms. The Hall–Kier alpha value is -2.90. The highest BCUT2D eigenvalue weighted by Gasteiger charge is 2.18. The molecule has 0 atom stereocenters. The molecule has 0 unspecified atom stereocenters. The van der Waals surface area contributed by atoms with Crippen molar-refractivity contribution >= 4 is 39.8 Å². The van der Waals surface area contributed by atoms with Crippen LogP contribution in [-0.2, 0) is 35.5 Å². The van der Waals surface area contributed by atoms with Crippen molar-refractivity contribution in [1.29, 1.82) is 0 Å². The number of thiazole rings is 1. The van der Waals surface area contributed by atoms with E-state index in [9.17, 15) is 4.79 Å². The Morgan fingerprint density at radius 1 is 1.19 bits per heavy atom. The number of rotatable bonds is 8. The molecule has 0 fully saturated rings. The van der Waals surface area contributed by atoms with Crippen LogP contribution in [0.4, 0.5) is 0 Å². The summed E-state index contributed by atoms with van der Waals surface area (Å²) in [5.74, 6) is 0.382. The fourth-order valence-corrected chi connectivity index (χ4v) is 4.81. The van der Waals surface area contributed by atoms with Gasteiger partial charge in [0.2, 0.25) is 0 Å². The number of carbonyl (C=O) groups excluding carboxylic acids is 1. The molecule has 4 aromatic rings. The van der Waals surface area contributed by atoms with Gasteiger partial charge in [0.05, 0.1) is 30.3 Å². The number of aromatic nitrogens is 3. The number of fused-ring (bicyclic) bond motifs is 1. The first kappa shape index (κ1) is 22.3. The summed E-state index contributed by atoms with van der Waals surface area (Å²) in [6.45, 7) is 5.12. The van der Waals surface area contributed by atoms with Crippen molar-refractivity contribution in [2.24, 2.45) is 0 Å². The van der Waals surface area contributed by atoms with Crippen molar-refractivity contribution in [2.75, 3.05) is 7.11 Å². The van der Waals surface area contributed by atoms with E-state index in [4.69, 9.17) is 26.1 Å². The lowest BCUT2D eigenvalue weighted by Gasteiger charge is -2.06. The molecule has 0 aliphatic heterocycles. The van der Waals surface area contributed by atoms with Crippen molar-refractivity contribution in [3.63, 3.8) is 0 Å². The van der Waals surface area contributed by atoms with Gasteiger partial charge in [-0.2, -0.15) is 5.10 Å². The zero-order valence-corrected chi connectivity index (χ0v) is 19.8. The van der Waals surface area contributed by atoms with E-state index in [1.165, 1.54) is 11.3 Å². The fraction of sp³-hybridized carbons (Fsp3) is 0.292. The van der Waals surface area contributed by atoms with E-state index in [0.717, 1.165) is 50.6 Å². The lowest BCUT2D eigenvalue weighted by molar-refractivity contribution is -0.144. The lowest BCUT2D eigenvalue weighted by Crippen LogP contribution is -2.08. The van der Waals surface area contributed by atoms with Crippen LogP contribution in [0.2, 0.25) is 5.02 Å². The number of hydrogen-bond acceptors (Lipinski definition) is 6. The van der Waals surface area contributed by atoms with Crippen LogP contribution >= 0.6 is 22.9 Å². The van der Waals surface area contributed by atoms with Crippen LogP contribution in [0.5, 0.6) is 5.75 Å². The van der Waals surface area contributed by atoms with Crippen LogP contribution < -0.4 is 4.74 Å². The minimum absolute atomic E-state index is 0.187. The highest BCUT2D eigenvalue weighted by atomic mass is 35.5. The van der Waals surface area contributed by atoms with E-state index in [1.54, 1.807) is 19.2 Å². The molecule has 2 aromatic carbocycles. The van der Waals surface area contributed by atoms with E-state index in [1.807, 2.05) is 49.0 Å². The summed E-state index contributed by atoms with van der Waals surface area (Å²) in [6.07, 6.45) is 2.91. The maximum Gasteiger partial charge on any atom is 0.311 e. The molecule has 8 heteroatoms. The topological polar surface area (TPSA) is 66.2 Å². The number of hydrogen-bond donors (Lipinski definition) is 0. The molecule has 2 heterocycles. The second-order valence-corrected chi connectivity index (χ2v) is 8.82. The standard InChI is InChI=1S/C24H24ClN3O3S/c1-4-19-22(32-24(26-19)18-8-7-17(25)11-21(18)30-3)12-23(29)31-14-15-6-9-20-16(10-15)13-28(5-2)27-20/h6-11,13H,4-5,12,14H2,1-3H3. The first-order valence-electron chi connectivity index (χ1n) is 10.4. The number of methoxy groups -OCH3 is 1. The van der Waals surface area contributed by atoms with E-state index in [2.05, 4.69) is 5.10 Å². The van der Waals surface area contributed by atoms with Gasteiger partial charge in [0.25, 0.3) is 0 Å². The Morgan fingerprint density at radius 3 is 2.78 bits per heavy atom. The molecule has 0 spiro atoms. The van der Waals surface area contributed by atoms with Gasteiger partial charge in [-0.3, -0.25) is 9.48 Å². The summed E-state index contributed by atoms with van der Waals surface area (Å²) < 4.78 is 12.9. The number of carbonyl (C=O) groups is 1. The molecule has 0 saturated heterocycles. The van der Waals surface area contributed by atoms with Crippen molar-refractivity contribution < 1.29 is 14.3 Å². The average Bonchev–Trinajstić information content (AvgIpc) is 3.40. The molecule has 6 nitrogen and oxygen atoms in total. The second-order valence-electron chi connectivity index (χ2n) is 7.30. The van der Waals surface area contributed by atoms with Gasteiger partial charge in [-0.15, -0.1) is 11.3 Å². The molecule has 0 N–H and O–H groups in total. The van der Waals surface area contributed by atoms with Crippen molar-refractivity contribution in [3.8, 4) is 16.3 Å². The summed E-state index contributed by atoms with van der Waals surface area (Å²) in [5.41, 5.74) is 3.63. The van der Waals surface area contributed by atoms with Crippen LogP contribution in [0, 0.1) is 0 Å². The maximum atomic E-state index is 12.6.